The molecule has 16 heavy (non-hydrogen) atoms. The second-order valence-electron chi connectivity index (χ2n) is 5.86. The second-order valence-corrected chi connectivity index (χ2v) is 5.86. The summed E-state index contributed by atoms with van der Waals surface area (Å²) >= 11 is 0. The average molecular weight is 219 g/mol. The summed E-state index contributed by atoms with van der Waals surface area (Å²) in [6, 6.07) is 0. The predicted molar refractivity (Wildman–Crippen MR) is 63.7 cm³/mol. The first kappa shape index (κ1) is 10.4. The SMILES string of the molecule is C=CC(=O)NCC1CC2CC1C1CCCC21. The van der Waals surface area contributed by atoms with Crippen LogP contribution in [0.4, 0.5) is 0 Å². The van der Waals surface area contributed by atoms with Crippen LogP contribution in [0.1, 0.15) is 32.1 Å². The van der Waals surface area contributed by atoms with Crippen molar-refractivity contribution in [1.82, 2.24) is 5.32 Å². The Labute approximate surface area is 97.5 Å². The van der Waals surface area contributed by atoms with Crippen LogP contribution in [-0.4, -0.2) is 12.5 Å². The van der Waals surface area contributed by atoms with E-state index >= 15 is 0 Å². The third kappa shape index (κ3) is 1.50. The first-order valence-corrected chi connectivity index (χ1v) is 6.70. The molecule has 3 aliphatic carbocycles. The number of nitrogens with one attached hydrogen (secondary N) is 1. The molecule has 5 atom stereocenters. The highest BCUT2D eigenvalue weighted by atomic mass is 16.1. The van der Waals surface area contributed by atoms with Gasteiger partial charge >= 0.3 is 0 Å². The number of hydrogen-bond acceptors (Lipinski definition) is 1. The molecule has 2 nitrogen and oxygen atoms in total. The van der Waals surface area contributed by atoms with Crippen molar-refractivity contribution in [3.05, 3.63) is 12.7 Å². The minimum atomic E-state index is -0.00857. The Morgan fingerprint density at radius 3 is 2.88 bits per heavy atom. The Hall–Kier alpha value is -0.790. The van der Waals surface area contributed by atoms with Crippen molar-refractivity contribution in [2.75, 3.05) is 6.54 Å². The number of hydrogen-bond donors (Lipinski definition) is 1. The van der Waals surface area contributed by atoms with Crippen molar-refractivity contribution < 1.29 is 4.79 Å². The molecular weight excluding hydrogens is 198 g/mol. The van der Waals surface area contributed by atoms with Crippen molar-refractivity contribution in [2.24, 2.45) is 29.6 Å². The summed E-state index contributed by atoms with van der Waals surface area (Å²) in [5, 5.41) is 2.98. The van der Waals surface area contributed by atoms with Gasteiger partial charge in [-0.05, 0) is 61.3 Å². The highest BCUT2D eigenvalue weighted by Crippen LogP contribution is 2.60. The van der Waals surface area contributed by atoms with Crippen molar-refractivity contribution >= 4 is 5.91 Å². The number of carbonyl (C=O) groups is 1. The van der Waals surface area contributed by atoms with E-state index in [9.17, 15) is 4.79 Å². The van der Waals surface area contributed by atoms with Crippen LogP contribution in [0.5, 0.6) is 0 Å². The van der Waals surface area contributed by atoms with Crippen molar-refractivity contribution in [1.29, 1.82) is 0 Å². The van der Waals surface area contributed by atoms with Gasteiger partial charge in [-0.2, -0.15) is 0 Å². The lowest BCUT2D eigenvalue weighted by molar-refractivity contribution is -0.116. The van der Waals surface area contributed by atoms with E-state index in [2.05, 4.69) is 11.9 Å². The van der Waals surface area contributed by atoms with Gasteiger partial charge in [-0.15, -0.1) is 0 Å². The lowest BCUT2D eigenvalue weighted by Gasteiger charge is -2.31. The largest absolute Gasteiger partial charge is 0.352 e. The number of rotatable bonds is 3. The minimum Gasteiger partial charge on any atom is -0.352 e. The molecule has 5 unspecified atom stereocenters. The van der Waals surface area contributed by atoms with Crippen LogP contribution < -0.4 is 5.32 Å². The third-order valence-electron chi connectivity index (χ3n) is 5.29. The number of carbonyl (C=O) groups excluding carboxylic acids is 1. The van der Waals surface area contributed by atoms with Crippen molar-refractivity contribution in [3.8, 4) is 0 Å². The molecule has 3 rings (SSSR count). The summed E-state index contributed by atoms with van der Waals surface area (Å²) in [6.45, 7) is 4.38. The standard InChI is InChI=1S/C14H21NO/c1-2-14(16)15-8-10-6-9-7-13(10)12-5-3-4-11(9)12/h2,9-13H,1,3-8H2,(H,15,16). The van der Waals surface area contributed by atoms with Crippen LogP contribution in [0.15, 0.2) is 12.7 Å². The van der Waals surface area contributed by atoms with Gasteiger partial charge in [0.15, 0.2) is 0 Å². The minimum absolute atomic E-state index is 0.00857. The van der Waals surface area contributed by atoms with Crippen molar-refractivity contribution in [3.63, 3.8) is 0 Å². The summed E-state index contributed by atoms with van der Waals surface area (Å²) in [5.74, 6) is 4.71. The first-order valence-electron chi connectivity index (χ1n) is 6.70. The maximum atomic E-state index is 11.2. The van der Waals surface area contributed by atoms with Gasteiger partial charge in [-0.25, -0.2) is 0 Å². The van der Waals surface area contributed by atoms with Gasteiger partial charge in [0.05, 0.1) is 0 Å². The van der Waals surface area contributed by atoms with E-state index in [1.165, 1.54) is 38.2 Å². The smallest absolute Gasteiger partial charge is 0.243 e. The Bertz CT molecular complexity index is 312. The van der Waals surface area contributed by atoms with E-state index in [-0.39, 0.29) is 5.91 Å². The fourth-order valence-corrected chi connectivity index (χ4v) is 4.75. The van der Waals surface area contributed by atoms with Gasteiger partial charge in [0.2, 0.25) is 5.91 Å². The van der Waals surface area contributed by atoms with Crippen LogP contribution >= 0.6 is 0 Å². The van der Waals surface area contributed by atoms with Gasteiger partial charge < -0.3 is 5.32 Å². The van der Waals surface area contributed by atoms with Crippen LogP contribution in [0.2, 0.25) is 0 Å². The fourth-order valence-electron chi connectivity index (χ4n) is 4.75. The van der Waals surface area contributed by atoms with E-state index in [1.807, 2.05) is 0 Å². The lowest BCUT2D eigenvalue weighted by atomic mass is 9.76. The van der Waals surface area contributed by atoms with E-state index in [0.29, 0.717) is 0 Å². The summed E-state index contributed by atoms with van der Waals surface area (Å²) in [6.07, 6.45) is 8.59. The molecule has 0 saturated heterocycles. The maximum absolute atomic E-state index is 11.2. The second kappa shape index (κ2) is 3.90. The molecule has 0 aliphatic heterocycles. The van der Waals surface area contributed by atoms with Crippen molar-refractivity contribution in [2.45, 2.75) is 32.1 Å². The summed E-state index contributed by atoms with van der Waals surface area (Å²) in [5.41, 5.74) is 0. The van der Waals surface area contributed by atoms with E-state index in [0.717, 1.165) is 36.1 Å². The van der Waals surface area contributed by atoms with Crippen LogP contribution in [0.3, 0.4) is 0 Å². The molecule has 2 bridgehead atoms. The Morgan fingerprint density at radius 2 is 2.06 bits per heavy atom. The van der Waals surface area contributed by atoms with Crippen LogP contribution in [0.25, 0.3) is 0 Å². The molecule has 0 heterocycles. The maximum Gasteiger partial charge on any atom is 0.243 e. The molecule has 3 aliphatic rings. The molecule has 88 valence electrons. The Kier molecular flexibility index (Phi) is 2.53. The molecule has 2 heteroatoms. The van der Waals surface area contributed by atoms with Gasteiger partial charge in [-0.3, -0.25) is 4.79 Å². The predicted octanol–water partition coefficient (Wildman–Crippen LogP) is 2.36. The van der Waals surface area contributed by atoms with E-state index in [4.69, 9.17) is 0 Å². The van der Waals surface area contributed by atoms with Crippen LogP contribution in [-0.2, 0) is 4.79 Å². The third-order valence-corrected chi connectivity index (χ3v) is 5.29. The summed E-state index contributed by atoms with van der Waals surface area (Å²) in [7, 11) is 0. The monoisotopic (exact) mass is 219 g/mol. The highest BCUT2D eigenvalue weighted by Gasteiger charge is 2.53. The summed E-state index contributed by atoms with van der Waals surface area (Å²) in [4.78, 5) is 11.2. The van der Waals surface area contributed by atoms with E-state index < -0.39 is 0 Å². The highest BCUT2D eigenvalue weighted by molar-refractivity contribution is 5.86. The van der Waals surface area contributed by atoms with Gasteiger partial charge in [0, 0.05) is 6.54 Å². The Balaban J connectivity index is 1.59. The molecule has 1 amide bonds. The molecular formula is C14H21NO. The topological polar surface area (TPSA) is 29.1 Å². The zero-order chi connectivity index (χ0) is 11.1. The quantitative estimate of drug-likeness (QED) is 0.725. The van der Waals surface area contributed by atoms with E-state index in [1.54, 1.807) is 0 Å². The molecule has 0 aromatic rings. The number of fused-ring (bicyclic) bond motifs is 5. The molecule has 3 fully saturated rings. The molecule has 3 saturated carbocycles. The molecule has 0 aromatic heterocycles. The lowest BCUT2D eigenvalue weighted by Crippen LogP contribution is -2.34. The molecule has 0 spiro atoms. The Morgan fingerprint density at radius 1 is 1.25 bits per heavy atom. The van der Waals surface area contributed by atoms with Gasteiger partial charge in [0.25, 0.3) is 0 Å². The molecule has 1 N–H and O–H groups in total. The average Bonchev–Trinajstić information content (AvgIpc) is 2.96. The normalized spacial score (nSPS) is 44.4. The van der Waals surface area contributed by atoms with Crippen LogP contribution in [0, 0.1) is 29.6 Å². The zero-order valence-corrected chi connectivity index (χ0v) is 9.82. The fraction of sp³-hybridized carbons (Fsp3) is 0.786. The van der Waals surface area contributed by atoms with Gasteiger partial charge in [-0.1, -0.05) is 13.0 Å². The zero-order valence-electron chi connectivity index (χ0n) is 9.82. The first-order chi connectivity index (χ1) is 7.79. The van der Waals surface area contributed by atoms with Gasteiger partial charge in [0.1, 0.15) is 0 Å². The molecule has 0 radical (unpaired) electrons. The number of amides is 1. The summed E-state index contributed by atoms with van der Waals surface area (Å²) < 4.78 is 0. The molecule has 0 aromatic carbocycles.